The van der Waals surface area contributed by atoms with Gasteiger partial charge in [-0.25, -0.2) is 0 Å². The van der Waals surface area contributed by atoms with Crippen LogP contribution in [-0.2, 0) is 9.47 Å². The number of alkyl halides is 1. The van der Waals surface area contributed by atoms with Crippen LogP contribution < -0.4 is 0 Å². The third kappa shape index (κ3) is 5.50. The molecule has 1 aliphatic rings. The average molecular weight is 207 g/mol. The Morgan fingerprint density at radius 2 is 1.92 bits per heavy atom. The lowest BCUT2D eigenvalue weighted by Gasteiger charge is -2.22. The lowest BCUT2D eigenvalue weighted by molar-refractivity contribution is -0.0326. The van der Waals surface area contributed by atoms with E-state index in [0.717, 1.165) is 51.4 Å². The first kappa shape index (κ1) is 11.3. The van der Waals surface area contributed by atoms with E-state index in [1.807, 2.05) is 0 Å². The van der Waals surface area contributed by atoms with E-state index in [-0.39, 0.29) is 0 Å². The fraction of sp³-hybridized carbons (Fsp3) is 1.00. The molecule has 1 fully saturated rings. The highest BCUT2D eigenvalue weighted by Crippen LogP contribution is 2.11. The molecule has 78 valence electrons. The molecule has 0 aromatic heterocycles. The number of unbranched alkanes of at least 4 members (excludes halogenated alkanes) is 2. The smallest absolute Gasteiger partial charge is 0.0619 e. The highest BCUT2D eigenvalue weighted by atomic mass is 35.5. The molecule has 0 N–H and O–H groups in total. The zero-order chi connectivity index (χ0) is 9.36. The Morgan fingerprint density at radius 3 is 2.62 bits per heavy atom. The predicted octanol–water partition coefficient (Wildman–Crippen LogP) is 2.59. The van der Waals surface area contributed by atoms with Crippen molar-refractivity contribution in [1.82, 2.24) is 0 Å². The molecule has 0 radical (unpaired) electrons. The zero-order valence-corrected chi connectivity index (χ0v) is 8.89. The summed E-state index contributed by atoms with van der Waals surface area (Å²) in [6.07, 6.45) is 6.02. The maximum atomic E-state index is 5.71. The van der Waals surface area contributed by atoms with Crippen molar-refractivity contribution in [2.75, 3.05) is 25.7 Å². The van der Waals surface area contributed by atoms with E-state index >= 15 is 0 Å². The minimum atomic E-state index is 0.449. The number of hydrogen-bond acceptors (Lipinski definition) is 2. The third-order valence-electron chi connectivity index (χ3n) is 2.30. The molecule has 0 amide bonds. The second-order valence-electron chi connectivity index (χ2n) is 3.43. The van der Waals surface area contributed by atoms with Crippen molar-refractivity contribution in [1.29, 1.82) is 0 Å². The first-order chi connectivity index (χ1) is 6.43. The molecule has 3 heteroatoms. The number of ether oxygens (including phenoxy) is 2. The van der Waals surface area contributed by atoms with Crippen LogP contribution in [0.1, 0.15) is 32.1 Å². The lowest BCUT2D eigenvalue weighted by Crippen LogP contribution is -2.23. The van der Waals surface area contributed by atoms with Crippen LogP contribution >= 0.6 is 11.6 Å². The molecule has 0 aromatic rings. The second-order valence-corrected chi connectivity index (χ2v) is 3.81. The molecule has 1 aliphatic heterocycles. The summed E-state index contributed by atoms with van der Waals surface area (Å²) in [5.41, 5.74) is 0. The SMILES string of the molecule is ClCCCCCOC1CCOCC1. The van der Waals surface area contributed by atoms with Crippen LogP contribution in [0, 0.1) is 0 Å². The van der Waals surface area contributed by atoms with E-state index in [0.29, 0.717) is 6.10 Å². The van der Waals surface area contributed by atoms with E-state index in [4.69, 9.17) is 21.1 Å². The maximum Gasteiger partial charge on any atom is 0.0619 e. The Kier molecular flexibility index (Phi) is 6.60. The molecule has 0 aromatic carbocycles. The van der Waals surface area contributed by atoms with Gasteiger partial charge in [0, 0.05) is 25.7 Å². The van der Waals surface area contributed by atoms with Crippen molar-refractivity contribution in [2.24, 2.45) is 0 Å². The van der Waals surface area contributed by atoms with Crippen LogP contribution in [0.3, 0.4) is 0 Å². The normalized spacial score (nSPS) is 19.2. The van der Waals surface area contributed by atoms with Gasteiger partial charge in [0.2, 0.25) is 0 Å². The summed E-state index contributed by atoms with van der Waals surface area (Å²) in [4.78, 5) is 0. The molecule has 0 atom stereocenters. The fourth-order valence-electron chi connectivity index (χ4n) is 1.47. The minimum Gasteiger partial charge on any atom is -0.381 e. The maximum absolute atomic E-state index is 5.71. The summed E-state index contributed by atoms with van der Waals surface area (Å²) in [5, 5.41) is 0. The van der Waals surface area contributed by atoms with Gasteiger partial charge in [0.05, 0.1) is 6.10 Å². The molecule has 1 heterocycles. The molecule has 0 spiro atoms. The second kappa shape index (κ2) is 7.60. The molecule has 0 bridgehead atoms. The van der Waals surface area contributed by atoms with Gasteiger partial charge < -0.3 is 9.47 Å². The Morgan fingerprint density at radius 1 is 1.15 bits per heavy atom. The van der Waals surface area contributed by atoms with E-state index in [1.165, 1.54) is 6.42 Å². The van der Waals surface area contributed by atoms with Crippen LogP contribution in [0.15, 0.2) is 0 Å². The van der Waals surface area contributed by atoms with Gasteiger partial charge in [-0.3, -0.25) is 0 Å². The van der Waals surface area contributed by atoms with Crippen molar-refractivity contribution in [3.05, 3.63) is 0 Å². The van der Waals surface area contributed by atoms with Crippen LogP contribution in [-0.4, -0.2) is 31.8 Å². The Balaban J connectivity index is 1.86. The van der Waals surface area contributed by atoms with Crippen LogP contribution in [0.4, 0.5) is 0 Å². The highest BCUT2D eigenvalue weighted by Gasteiger charge is 2.13. The van der Waals surface area contributed by atoms with Gasteiger partial charge >= 0.3 is 0 Å². The fourth-order valence-corrected chi connectivity index (χ4v) is 1.65. The lowest BCUT2D eigenvalue weighted by atomic mass is 10.1. The van der Waals surface area contributed by atoms with Gasteiger partial charge in [0.1, 0.15) is 0 Å². The molecular formula is C10H19ClO2. The van der Waals surface area contributed by atoms with Crippen molar-refractivity contribution in [3.8, 4) is 0 Å². The first-order valence-electron chi connectivity index (χ1n) is 5.19. The van der Waals surface area contributed by atoms with Crippen molar-refractivity contribution < 1.29 is 9.47 Å². The summed E-state index contributed by atoms with van der Waals surface area (Å²) < 4.78 is 11.0. The molecule has 13 heavy (non-hydrogen) atoms. The quantitative estimate of drug-likeness (QED) is 0.491. The Hall–Kier alpha value is 0.210. The largest absolute Gasteiger partial charge is 0.381 e. The number of halogens is 1. The van der Waals surface area contributed by atoms with E-state index in [9.17, 15) is 0 Å². The standard InChI is InChI=1S/C10H19ClO2/c11-6-2-1-3-7-13-10-4-8-12-9-5-10/h10H,1-9H2. The van der Waals surface area contributed by atoms with Crippen molar-refractivity contribution in [2.45, 2.75) is 38.2 Å². The molecule has 2 nitrogen and oxygen atoms in total. The van der Waals surface area contributed by atoms with Crippen LogP contribution in [0.25, 0.3) is 0 Å². The number of hydrogen-bond donors (Lipinski definition) is 0. The Bertz CT molecular complexity index is 113. The topological polar surface area (TPSA) is 18.5 Å². The molecule has 0 saturated carbocycles. The molecule has 0 aliphatic carbocycles. The number of rotatable bonds is 6. The highest BCUT2D eigenvalue weighted by molar-refractivity contribution is 6.17. The summed E-state index contributed by atoms with van der Waals surface area (Å²) in [7, 11) is 0. The van der Waals surface area contributed by atoms with Crippen LogP contribution in [0.5, 0.6) is 0 Å². The zero-order valence-electron chi connectivity index (χ0n) is 8.14. The molecule has 1 saturated heterocycles. The van der Waals surface area contributed by atoms with Gasteiger partial charge in [0.25, 0.3) is 0 Å². The van der Waals surface area contributed by atoms with Gasteiger partial charge in [-0.2, -0.15) is 0 Å². The first-order valence-corrected chi connectivity index (χ1v) is 5.72. The van der Waals surface area contributed by atoms with Crippen molar-refractivity contribution in [3.63, 3.8) is 0 Å². The third-order valence-corrected chi connectivity index (χ3v) is 2.57. The molecule has 1 rings (SSSR count). The Labute approximate surface area is 85.5 Å². The molecule has 0 unspecified atom stereocenters. The van der Waals surface area contributed by atoms with E-state index in [2.05, 4.69) is 0 Å². The summed E-state index contributed by atoms with van der Waals surface area (Å²) >= 11 is 5.57. The monoisotopic (exact) mass is 206 g/mol. The summed E-state index contributed by atoms with van der Waals surface area (Å²) in [6, 6.07) is 0. The average Bonchev–Trinajstić information content (AvgIpc) is 2.19. The minimum absolute atomic E-state index is 0.449. The van der Waals surface area contributed by atoms with Gasteiger partial charge in [0.15, 0.2) is 0 Å². The van der Waals surface area contributed by atoms with E-state index < -0.39 is 0 Å². The predicted molar refractivity (Wildman–Crippen MR) is 54.4 cm³/mol. The molecular weight excluding hydrogens is 188 g/mol. The van der Waals surface area contributed by atoms with Gasteiger partial charge in [-0.15, -0.1) is 11.6 Å². The van der Waals surface area contributed by atoms with Gasteiger partial charge in [-0.05, 0) is 32.1 Å². The van der Waals surface area contributed by atoms with Crippen LogP contribution in [0.2, 0.25) is 0 Å². The summed E-state index contributed by atoms with van der Waals surface area (Å²) in [6.45, 7) is 2.63. The van der Waals surface area contributed by atoms with E-state index in [1.54, 1.807) is 0 Å². The van der Waals surface area contributed by atoms with Crippen molar-refractivity contribution >= 4 is 11.6 Å². The van der Waals surface area contributed by atoms with Gasteiger partial charge in [-0.1, -0.05) is 0 Å². The summed E-state index contributed by atoms with van der Waals surface area (Å²) in [5.74, 6) is 0.775.